The summed E-state index contributed by atoms with van der Waals surface area (Å²) >= 11 is 0. The van der Waals surface area contributed by atoms with Crippen LogP contribution in [0.1, 0.15) is 34.1 Å². The van der Waals surface area contributed by atoms with Crippen molar-refractivity contribution in [2.24, 2.45) is 17.3 Å². The molecule has 1 fully saturated rings. The third-order valence-electron chi connectivity index (χ3n) is 3.08. The summed E-state index contributed by atoms with van der Waals surface area (Å²) in [6, 6.07) is 0. The van der Waals surface area contributed by atoms with Crippen molar-refractivity contribution in [1.29, 1.82) is 0 Å². The predicted octanol–water partition coefficient (Wildman–Crippen LogP) is 1.76. The number of ether oxygens (including phenoxy) is 1. The van der Waals surface area contributed by atoms with Gasteiger partial charge in [0.25, 0.3) is 0 Å². The van der Waals surface area contributed by atoms with Crippen molar-refractivity contribution in [3.05, 3.63) is 0 Å². The van der Waals surface area contributed by atoms with E-state index in [2.05, 4.69) is 4.74 Å². The Morgan fingerprint density at radius 3 is 1.77 bits per heavy atom. The molecule has 1 aliphatic rings. The number of hydrogen-bond donors (Lipinski definition) is 0. The number of cyclic esters (lactones) is 2. The van der Waals surface area contributed by atoms with Crippen molar-refractivity contribution in [3.8, 4) is 0 Å². The Morgan fingerprint density at radius 1 is 1.15 bits per heavy atom. The van der Waals surface area contributed by atoms with Crippen LogP contribution < -0.4 is 0 Å². The van der Waals surface area contributed by atoms with Crippen LogP contribution >= 0.6 is 0 Å². The maximum atomic E-state index is 11.5. The van der Waals surface area contributed by atoms with Gasteiger partial charge in [0, 0.05) is 0 Å². The summed E-state index contributed by atoms with van der Waals surface area (Å²) in [5.74, 6) is -0.437. The molecule has 74 valence electrons. The fraction of sp³-hybridized carbons (Fsp3) is 0.800. The average molecular weight is 184 g/mol. The standard InChI is InChI=1S/C10H16O3/c1-6(2)10(7(3)4)5-8(11)13-9(10)12/h6-7H,5H2,1-4H3. The van der Waals surface area contributed by atoms with E-state index >= 15 is 0 Å². The summed E-state index contributed by atoms with van der Waals surface area (Å²) in [6.45, 7) is 7.83. The smallest absolute Gasteiger partial charge is 0.320 e. The van der Waals surface area contributed by atoms with E-state index in [9.17, 15) is 9.59 Å². The highest BCUT2D eigenvalue weighted by atomic mass is 16.6. The lowest BCUT2D eigenvalue weighted by atomic mass is 9.68. The molecule has 1 rings (SSSR count). The molecule has 0 unspecified atom stereocenters. The van der Waals surface area contributed by atoms with E-state index < -0.39 is 5.41 Å². The minimum Gasteiger partial charge on any atom is -0.393 e. The molecule has 0 radical (unpaired) electrons. The quantitative estimate of drug-likeness (QED) is 0.485. The van der Waals surface area contributed by atoms with Gasteiger partial charge in [-0.2, -0.15) is 0 Å². The summed E-state index contributed by atoms with van der Waals surface area (Å²) in [7, 11) is 0. The molecule has 13 heavy (non-hydrogen) atoms. The van der Waals surface area contributed by atoms with Crippen molar-refractivity contribution in [2.75, 3.05) is 0 Å². The van der Waals surface area contributed by atoms with Crippen LogP contribution in [-0.4, -0.2) is 11.9 Å². The second kappa shape index (κ2) is 3.13. The van der Waals surface area contributed by atoms with E-state index in [1.54, 1.807) is 0 Å². The van der Waals surface area contributed by atoms with Gasteiger partial charge in [-0.3, -0.25) is 9.59 Å². The van der Waals surface area contributed by atoms with Gasteiger partial charge < -0.3 is 4.74 Å². The van der Waals surface area contributed by atoms with Gasteiger partial charge in [0.1, 0.15) is 0 Å². The number of rotatable bonds is 2. The fourth-order valence-corrected chi connectivity index (χ4v) is 2.09. The molecule has 0 saturated carbocycles. The molecule has 3 nitrogen and oxygen atoms in total. The maximum absolute atomic E-state index is 11.5. The molecule has 0 bridgehead atoms. The molecular formula is C10H16O3. The van der Waals surface area contributed by atoms with Crippen LogP contribution in [0.25, 0.3) is 0 Å². The lowest BCUT2D eigenvalue weighted by molar-refractivity contribution is -0.157. The van der Waals surface area contributed by atoms with E-state index in [-0.39, 0.29) is 30.2 Å². The average Bonchev–Trinajstić information content (AvgIpc) is 2.26. The Hall–Kier alpha value is -0.860. The van der Waals surface area contributed by atoms with E-state index in [1.807, 2.05) is 27.7 Å². The summed E-state index contributed by atoms with van der Waals surface area (Å²) in [6.07, 6.45) is 0.237. The summed E-state index contributed by atoms with van der Waals surface area (Å²) in [5.41, 5.74) is -0.586. The van der Waals surface area contributed by atoms with Crippen LogP contribution in [0.2, 0.25) is 0 Å². The third kappa shape index (κ3) is 1.36. The van der Waals surface area contributed by atoms with E-state index in [4.69, 9.17) is 0 Å². The third-order valence-corrected chi connectivity index (χ3v) is 3.08. The van der Waals surface area contributed by atoms with Gasteiger partial charge in [-0.25, -0.2) is 0 Å². The highest BCUT2D eigenvalue weighted by Crippen LogP contribution is 2.44. The number of hydrogen-bond acceptors (Lipinski definition) is 3. The van der Waals surface area contributed by atoms with Crippen LogP contribution in [-0.2, 0) is 14.3 Å². The second-order valence-electron chi connectivity index (χ2n) is 4.29. The predicted molar refractivity (Wildman–Crippen MR) is 47.8 cm³/mol. The molecule has 1 saturated heterocycles. The highest BCUT2D eigenvalue weighted by Gasteiger charge is 2.53. The lowest BCUT2D eigenvalue weighted by Crippen LogP contribution is -2.37. The van der Waals surface area contributed by atoms with Gasteiger partial charge in [0.2, 0.25) is 0 Å². The lowest BCUT2D eigenvalue weighted by Gasteiger charge is -2.31. The van der Waals surface area contributed by atoms with Crippen molar-refractivity contribution < 1.29 is 14.3 Å². The van der Waals surface area contributed by atoms with Crippen LogP contribution in [0.15, 0.2) is 0 Å². The van der Waals surface area contributed by atoms with E-state index in [1.165, 1.54) is 0 Å². The van der Waals surface area contributed by atoms with Gasteiger partial charge in [0.15, 0.2) is 0 Å². The van der Waals surface area contributed by atoms with Crippen molar-refractivity contribution in [1.82, 2.24) is 0 Å². The van der Waals surface area contributed by atoms with Gasteiger partial charge in [-0.1, -0.05) is 27.7 Å². The molecule has 1 heterocycles. The topological polar surface area (TPSA) is 43.4 Å². The van der Waals surface area contributed by atoms with Gasteiger partial charge >= 0.3 is 11.9 Å². The molecule has 3 heteroatoms. The Morgan fingerprint density at radius 2 is 1.62 bits per heavy atom. The Labute approximate surface area is 78.5 Å². The molecule has 0 atom stereocenters. The van der Waals surface area contributed by atoms with Gasteiger partial charge in [-0.15, -0.1) is 0 Å². The Balaban J connectivity index is 3.05. The molecular weight excluding hydrogens is 168 g/mol. The number of carbonyl (C=O) groups excluding carboxylic acids is 2. The first kappa shape index (κ1) is 10.2. The van der Waals surface area contributed by atoms with E-state index in [0.29, 0.717) is 0 Å². The first-order chi connectivity index (χ1) is 5.91. The first-order valence-corrected chi connectivity index (χ1v) is 4.66. The molecule has 0 aromatic carbocycles. The zero-order valence-corrected chi connectivity index (χ0v) is 8.59. The molecule has 0 aliphatic carbocycles. The zero-order valence-electron chi connectivity index (χ0n) is 8.59. The van der Waals surface area contributed by atoms with Gasteiger partial charge in [-0.05, 0) is 11.8 Å². The van der Waals surface area contributed by atoms with Crippen LogP contribution in [0.4, 0.5) is 0 Å². The van der Waals surface area contributed by atoms with Crippen molar-refractivity contribution >= 4 is 11.9 Å². The minimum absolute atomic E-state index is 0.145. The molecule has 0 amide bonds. The zero-order chi connectivity index (χ0) is 10.2. The molecule has 1 aliphatic heterocycles. The molecule has 0 spiro atoms. The summed E-state index contributed by atoms with van der Waals surface area (Å²) in [5, 5.41) is 0. The second-order valence-corrected chi connectivity index (χ2v) is 4.29. The van der Waals surface area contributed by atoms with Crippen LogP contribution in [0.5, 0.6) is 0 Å². The van der Waals surface area contributed by atoms with Crippen molar-refractivity contribution in [3.63, 3.8) is 0 Å². The fourth-order valence-electron chi connectivity index (χ4n) is 2.09. The normalized spacial score (nSPS) is 21.4. The first-order valence-electron chi connectivity index (χ1n) is 4.66. The van der Waals surface area contributed by atoms with E-state index in [0.717, 1.165) is 0 Å². The number of esters is 2. The minimum atomic E-state index is -0.586. The Bertz CT molecular complexity index is 233. The largest absolute Gasteiger partial charge is 0.393 e. The van der Waals surface area contributed by atoms with Crippen LogP contribution in [0.3, 0.4) is 0 Å². The van der Waals surface area contributed by atoms with Crippen molar-refractivity contribution in [2.45, 2.75) is 34.1 Å². The summed E-state index contributed by atoms with van der Waals surface area (Å²) < 4.78 is 4.62. The maximum Gasteiger partial charge on any atom is 0.320 e. The Kier molecular flexibility index (Phi) is 2.46. The SMILES string of the molecule is CC(C)C1(C(C)C)CC(=O)OC1=O. The molecule has 0 aromatic rings. The number of carbonyl (C=O) groups is 2. The monoisotopic (exact) mass is 184 g/mol. The van der Waals surface area contributed by atoms with Crippen LogP contribution in [0, 0.1) is 17.3 Å². The summed E-state index contributed by atoms with van der Waals surface area (Å²) in [4.78, 5) is 22.6. The molecule has 0 aromatic heterocycles. The molecule has 0 N–H and O–H groups in total. The highest BCUT2D eigenvalue weighted by molar-refractivity contribution is 5.97. The van der Waals surface area contributed by atoms with Gasteiger partial charge in [0.05, 0.1) is 11.8 Å².